The molecule has 0 heterocycles. The third-order valence-corrected chi connectivity index (χ3v) is 1.88. The molecule has 0 aliphatic heterocycles. The molecule has 0 aromatic rings. The molecule has 0 rings (SSSR count). The van der Waals surface area contributed by atoms with Crippen LogP contribution in [0, 0.1) is 0 Å². The smallest absolute Gasteiger partial charge is 0.330 e. The molecule has 0 bridgehead atoms. The van der Waals surface area contributed by atoms with Gasteiger partial charge in [0.1, 0.15) is 6.10 Å². The molecule has 2 atom stereocenters. The van der Waals surface area contributed by atoms with Gasteiger partial charge in [-0.1, -0.05) is 12.2 Å². The number of esters is 2. The van der Waals surface area contributed by atoms with Crippen LogP contribution in [0.25, 0.3) is 0 Å². The van der Waals surface area contributed by atoms with E-state index in [1.807, 2.05) is 0 Å². The Morgan fingerprint density at radius 1 is 1.12 bits per heavy atom. The first-order valence-corrected chi connectivity index (χ1v) is 5.32. The molecular weight excluding hydrogens is 224 g/mol. The number of ether oxygens (including phenoxy) is 2. The number of hydrogen-bond acceptors (Lipinski definition) is 5. The van der Waals surface area contributed by atoms with Crippen LogP contribution in [0.3, 0.4) is 0 Å². The standard InChI is InChI=1S/C12H18O5/c1-4-6-11(14)16-9(3)10(8-13)17-12(15)7-5-2/h4-7,9-10,13H,8H2,1-3H3/b6-4+,7-5+. The van der Waals surface area contributed by atoms with E-state index in [1.165, 1.54) is 24.3 Å². The minimum Gasteiger partial charge on any atom is -0.455 e. The van der Waals surface area contributed by atoms with Gasteiger partial charge in [0.15, 0.2) is 6.10 Å². The third-order valence-electron chi connectivity index (χ3n) is 1.88. The van der Waals surface area contributed by atoms with Gasteiger partial charge in [0, 0.05) is 12.2 Å². The highest BCUT2D eigenvalue weighted by molar-refractivity contribution is 5.82. The van der Waals surface area contributed by atoms with Crippen molar-refractivity contribution in [2.24, 2.45) is 0 Å². The molecule has 5 nitrogen and oxygen atoms in total. The molecule has 0 aliphatic carbocycles. The summed E-state index contributed by atoms with van der Waals surface area (Å²) in [4.78, 5) is 22.3. The van der Waals surface area contributed by atoms with Crippen LogP contribution < -0.4 is 0 Å². The van der Waals surface area contributed by atoms with E-state index < -0.39 is 30.8 Å². The number of aliphatic hydroxyl groups is 1. The minimum atomic E-state index is -0.868. The number of carbonyl (C=O) groups excluding carboxylic acids is 2. The van der Waals surface area contributed by atoms with Crippen molar-refractivity contribution in [1.29, 1.82) is 0 Å². The summed E-state index contributed by atoms with van der Waals surface area (Å²) in [5.41, 5.74) is 0. The van der Waals surface area contributed by atoms with Gasteiger partial charge >= 0.3 is 11.9 Å². The third kappa shape index (κ3) is 6.52. The monoisotopic (exact) mass is 242 g/mol. The molecule has 5 heteroatoms. The lowest BCUT2D eigenvalue weighted by Gasteiger charge is -2.21. The maximum absolute atomic E-state index is 11.2. The molecule has 96 valence electrons. The molecule has 17 heavy (non-hydrogen) atoms. The average Bonchev–Trinajstić information content (AvgIpc) is 2.26. The predicted molar refractivity (Wildman–Crippen MR) is 62.1 cm³/mol. The second kappa shape index (κ2) is 8.52. The van der Waals surface area contributed by atoms with Crippen molar-refractivity contribution >= 4 is 11.9 Å². The van der Waals surface area contributed by atoms with E-state index in [1.54, 1.807) is 20.8 Å². The Bertz CT molecular complexity index is 306. The van der Waals surface area contributed by atoms with E-state index in [4.69, 9.17) is 14.6 Å². The van der Waals surface area contributed by atoms with Gasteiger partial charge in [-0.25, -0.2) is 9.59 Å². The minimum absolute atomic E-state index is 0.409. The molecule has 0 aromatic heterocycles. The Kier molecular flexibility index (Phi) is 7.71. The van der Waals surface area contributed by atoms with Gasteiger partial charge in [-0.15, -0.1) is 0 Å². The van der Waals surface area contributed by atoms with Gasteiger partial charge in [-0.3, -0.25) is 0 Å². The highest BCUT2D eigenvalue weighted by Gasteiger charge is 2.22. The molecule has 0 saturated carbocycles. The van der Waals surface area contributed by atoms with E-state index in [2.05, 4.69) is 0 Å². The van der Waals surface area contributed by atoms with E-state index in [0.29, 0.717) is 0 Å². The fraction of sp³-hybridized carbons (Fsp3) is 0.500. The van der Waals surface area contributed by atoms with Crippen LogP contribution in [0.15, 0.2) is 24.3 Å². The fourth-order valence-corrected chi connectivity index (χ4v) is 1.04. The SMILES string of the molecule is C/C=C/C(=O)OC(C)C(CO)OC(=O)/C=C/C. The van der Waals surface area contributed by atoms with Crippen LogP contribution >= 0.6 is 0 Å². The predicted octanol–water partition coefficient (Wildman–Crippen LogP) is 0.974. The van der Waals surface area contributed by atoms with Crippen molar-refractivity contribution < 1.29 is 24.2 Å². The lowest BCUT2D eigenvalue weighted by molar-refractivity contribution is -0.163. The first-order chi connectivity index (χ1) is 8.04. The maximum atomic E-state index is 11.2. The molecule has 0 radical (unpaired) electrons. The topological polar surface area (TPSA) is 72.8 Å². The van der Waals surface area contributed by atoms with Crippen molar-refractivity contribution in [2.45, 2.75) is 33.0 Å². The molecule has 0 fully saturated rings. The summed E-state index contributed by atoms with van der Waals surface area (Å²) in [5.74, 6) is -1.12. The molecule has 0 spiro atoms. The van der Waals surface area contributed by atoms with Crippen LogP contribution in [0.4, 0.5) is 0 Å². The first-order valence-electron chi connectivity index (χ1n) is 5.32. The van der Waals surface area contributed by atoms with E-state index in [-0.39, 0.29) is 0 Å². The number of aliphatic hydroxyl groups excluding tert-OH is 1. The zero-order chi connectivity index (χ0) is 13.3. The highest BCUT2D eigenvalue weighted by atomic mass is 16.6. The zero-order valence-electron chi connectivity index (χ0n) is 10.3. The van der Waals surface area contributed by atoms with Crippen LogP contribution in [-0.2, 0) is 19.1 Å². The maximum Gasteiger partial charge on any atom is 0.330 e. The van der Waals surface area contributed by atoms with Crippen molar-refractivity contribution in [3.8, 4) is 0 Å². The van der Waals surface area contributed by atoms with Crippen LogP contribution in [0.2, 0.25) is 0 Å². The highest BCUT2D eigenvalue weighted by Crippen LogP contribution is 2.05. The summed E-state index contributed by atoms with van der Waals surface area (Å²) in [5, 5.41) is 9.05. The molecule has 0 aromatic carbocycles. The summed E-state index contributed by atoms with van der Waals surface area (Å²) >= 11 is 0. The second-order valence-electron chi connectivity index (χ2n) is 3.30. The Hall–Kier alpha value is -1.62. The first kappa shape index (κ1) is 15.4. The Balaban J connectivity index is 4.34. The normalized spacial score (nSPS) is 14.8. The second-order valence-corrected chi connectivity index (χ2v) is 3.30. The summed E-state index contributed by atoms with van der Waals surface area (Å²) in [6, 6.07) is 0. The molecule has 0 saturated heterocycles. The number of carbonyl (C=O) groups is 2. The van der Waals surface area contributed by atoms with Crippen molar-refractivity contribution in [3.63, 3.8) is 0 Å². The van der Waals surface area contributed by atoms with Gasteiger partial charge in [0.25, 0.3) is 0 Å². The summed E-state index contributed by atoms with van der Waals surface area (Å²) in [6.45, 7) is 4.49. The van der Waals surface area contributed by atoms with E-state index in [9.17, 15) is 9.59 Å². The number of hydrogen-bond donors (Lipinski definition) is 1. The van der Waals surface area contributed by atoms with Crippen LogP contribution in [0.5, 0.6) is 0 Å². The van der Waals surface area contributed by atoms with Gasteiger partial charge in [0.2, 0.25) is 0 Å². The van der Waals surface area contributed by atoms with Crippen molar-refractivity contribution in [2.75, 3.05) is 6.61 Å². The molecule has 0 amide bonds. The quantitative estimate of drug-likeness (QED) is 0.555. The van der Waals surface area contributed by atoms with Gasteiger partial charge < -0.3 is 14.6 Å². The lowest BCUT2D eigenvalue weighted by Crippen LogP contribution is -2.35. The Morgan fingerprint density at radius 3 is 2.00 bits per heavy atom. The number of rotatable bonds is 6. The fourth-order valence-electron chi connectivity index (χ4n) is 1.04. The summed E-state index contributed by atoms with van der Waals surface area (Å²) in [6.07, 6.45) is 3.95. The van der Waals surface area contributed by atoms with Gasteiger partial charge in [-0.2, -0.15) is 0 Å². The Morgan fingerprint density at radius 2 is 1.59 bits per heavy atom. The molecule has 2 unspecified atom stereocenters. The zero-order valence-corrected chi connectivity index (χ0v) is 10.3. The van der Waals surface area contributed by atoms with Crippen molar-refractivity contribution in [1.82, 2.24) is 0 Å². The summed E-state index contributed by atoms with van der Waals surface area (Å²) < 4.78 is 9.84. The molecule has 1 N–H and O–H groups in total. The summed E-state index contributed by atoms with van der Waals surface area (Å²) in [7, 11) is 0. The van der Waals surface area contributed by atoms with Crippen LogP contribution in [0.1, 0.15) is 20.8 Å². The Labute approximate surface area is 101 Å². The van der Waals surface area contributed by atoms with Gasteiger partial charge in [0.05, 0.1) is 6.61 Å². The van der Waals surface area contributed by atoms with E-state index in [0.717, 1.165) is 0 Å². The molecular formula is C12H18O5. The van der Waals surface area contributed by atoms with Crippen LogP contribution in [-0.4, -0.2) is 35.9 Å². The van der Waals surface area contributed by atoms with Gasteiger partial charge in [-0.05, 0) is 20.8 Å². The van der Waals surface area contributed by atoms with Crippen molar-refractivity contribution in [3.05, 3.63) is 24.3 Å². The van der Waals surface area contributed by atoms with E-state index >= 15 is 0 Å². The average molecular weight is 242 g/mol. The molecule has 0 aliphatic rings. The lowest BCUT2D eigenvalue weighted by atomic mass is 10.2. The largest absolute Gasteiger partial charge is 0.455 e. The number of allylic oxidation sites excluding steroid dienone is 2.